The van der Waals surface area contributed by atoms with Gasteiger partial charge >= 0.3 is 0 Å². The van der Waals surface area contributed by atoms with Gasteiger partial charge in [0.2, 0.25) is 0 Å². The standard InChI is InChI=1S/C12H20Cl2Si/c1-15(2,3)12-7-5-4-6-9(12)10(12)8-11(13)14/h8-10H,4-7H2,1-3H3/t9-,10+,12-/m0/s1. The molecule has 0 amide bonds. The maximum atomic E-state index is 5.83. The van der Waals surface area contributed by atoms with Crippen LogP contribution in [0.4, 0.5) is 0 Å². The lowest BCUT2D eigenvalue weighted by atomic mass is 10.0. The van der Waals surface area contributed by atoms with E-state index in [1.807, 2.05) is 0 Å². The second-order valence-corrected chi connectivity index (χ2v) is 12.6. The van der Waals surface area contributed by atoms with Crippen LogP contribution in [0.15, 0.2) is 10.6 Å². The van der Waals surface area contributed by atoms with E-state index < -0.39 is 8.07 Å². The molecule has 0 spiro atoms. The average molecular weight is 263 g/mol. The Labute approximate surface area is 104 Å². The Morgan fingerprint density at radius 3 is 2.40 bits per heavy atom. The van der Waals surface area contributed by atoms with Crippen LogP contribution in [-0.2, 0) is 0 Å². The van der Waals surface area contributed by atoms with Crippen LogP contribution in [0.1, 0.15) is 25.7 Å². The van der Waals surface area contributed by atoms with Crippen LogP contribution in [0, 0.1) is 11.8 Å². The molecule has 0 saturated heterocycles. The number of hydrogen-bond donors (Lipinski definition) is 0. The minimum absolute atomic E-state index is 0.479. The molecule has 0 heterocycles. The first-order chi connectivity index (χ1) is 6.89. The lowest BCUT2D eigenvalue weighted by Crippen LogP contribution is -2.33. The van der Waals surface area contributed by atoms with Crippen molar-refractivity contribution >= 4 is 31.3 Å². The fraction of sp³-hybridized carbons (Fsp3) is 0.833. The molecule has 15 heavy (non-hydrogen) atoms. The van der Waals surface area contributed by atoms with E-state index in [4.69, 9.17) is 23.2 Å². The summed E-state index contributed by atoms with van der Waals surface area (Å²) in [4.78, 5) is 0. The van der Waals surface area contributed by atoms with E-state index in [2.05, 4.69) is 25.7 Å². The van der Waals surface area contributed by atoms with E-state index in [-0.39, 0.29) is 0 Å². The molecule has 0 nitrogen and oxygen atoms in total. The van der Waals surface area contributed by atoms with Gasteiger partial charge in [-0.2, -0.15) is 0 Å². The van der Waals surface area contributed by atoms with E-state index in [0.717, 1.165) is 5.92 Å². The quantitative estimate of drug-likeness (QED) is 0.600. The van der Waals surface area contributed by atoms with Gasteiger partial charge in [-0.1, -0.05) is 61.8 Å². The summed E-state index contributed by atoms with van der Waals surface area (Å²) in [6, 6.07) is 0. The van der Waals surface area contributed by atoms with Crippen molar-refractivity contribution in [3.05, 3.63) is 10.6 Å². The van der Waals surface area contributed by atoms with Crippen LogP contribution in [0.5, 0.6) is 0 Å². The molecule has 3 heteroatoms. The van der Waals surface area contributed by atoms with Crippen LogP contribution < -0.4 is 0 Å². The highest BCUT2D eigenvalue weighted by atomic mass is 35.5. The third-order valence-corrected chi connectivity index (χ3v) is 8.64. The minimum atomic E-state index is -1.10. The van der Waals surface area contributed by atoms with E-state index in [1.54, 1.807) is 0 Å². The Kier molecular flexibility index (Phi) is 3.03. The molecule has 0 bridgehead atoms. The molecule has 86 valence electrons. The van der Waals surface area contributed by atoms with Gasteiger partial charge in [-0.05, 0) is 29.7 Å². The first-order valence-corrected chi connectivity index (χ1v) is 10.2. The molecule has 3 atom stereocenters. The lowest BCUT2D eigenvalue weighted by Gasteiger charge is -2.34. The summed E-state index contributed by atoms with van der Waals surface area (Å²) in [7, 11) is -1.10. The molecule has 2 saturated carbocycles. The molecule has 0 aromatic heterocycles. The SMILES string of the molecule is C[Si](C)(C)[C@@]12CCCC[C@H]1[C@H]2C=C(Cl)Cl. The van der Waals surface area contributed by atoms with Crippen molar-refractivity contribution in [1.82, 2.24) is 0 Å². The van der Waals surface area contributed by atoms with Gasteiger partial charge in [0.25, 0.3) is 0 Å². The number of fused-ring (bicyclic) bond motifs is 1. The lowest BCUT2D eigenvalue weighted by molar-refractivity contribution is 0.481. The first-order valence-electron chi connectivity index (χ1n) is 5.92. The van der Waals surface area contributed by atoms with E-state index in [0.29, 0.717) is 15.4 Å². The molecule has 2 aliphatic rings. The monoisotopic (exact) mass is 262 g/mol. The van der Waals surface area contributed by atoms with Crippen molar-refractivity contribution in [2.75, 3.05) is 0 Å². The van der Waals surface area contributed by atoms with Gasteiger partial charge in [0, 0.05) is 0 Å². The molecular weight excluding hydrogens is 243 g/mol. The van der Waals surface area contributed by atoms with Crippen LogP contribution in [0.25, 0.3) is 0 Å². The Hall–Kier alpha value is 0.537. The number of halogens is 2. The van der Waals surface area contributed by atoms with Gasteiger partial charge in [-0.25, -0.2) is 0 Å². The maximum Gasteiger partial charge on any atom is 0.103 e. The van der Waals surface area contributed by atoms with Crippen LogP contribution in [-0.4, -0.2) is 8.07 Å². The van der Waals surface area contributed by atoms with Crippen molar-refractivity contribution in [1.29, 1.82) is 0 Å². The summed E-state index contributed by atoms with van der Waals surface area (Å²) in [5, 5.41) is 0.625. The number of rotatable bonds is 2. The van der Waals surface area contributed by atoms with Crippen molar-refractivity contribution in [3.8, 4) is 0 Å². The van der Waals surface area contributed by atoms with E-state index >= 15 is 0 Å². The fourth-order valence-electron chi connectivity index (χ4n) is 3.95. The normalized spacial score (nSPS) is 39.5. The second kappa shape index (κ2) is 3.78. The summed E-state index contributed by atoms with van der Waals surface area (Å²) >= 11 is 11.7. The zero-order chi connectivity index (χ0) is 11.3. The maximum absolute atomic E-state index is 5.83. The van der Waals surface area contributed by atoms with Crippen molar-refractivity contribution in [3.63, 3.8) is 0 Å². The molecule has 0 aromatic rings. The Bertz CT molecular complexity index is 288. The summed E-state index contributed by atoms with van der Waals surface area (Å²) < 4.78 is 0.479. The van der Waals surface area contributed by atoms with Crippen molar-refractivity contribution < 1.29 is 0 Å². The molecule has 0 aromatic carbocycles. The van der Waals surface area contributed by atoms with Crippen LogP contribution in [0.2, 0.25) is 24.7 Å². The summed E-state index contributed by atoms with van der Waals surface area (Å²) in [6.07, 6.45) is 7.74. The highest BCUT2D eigenvalue weighted by molar-refractivity contribution is 6.80. The van der Waals surface area contributed by atoms with Gasteiger partial charge in [-0.15, -0.1) is 0 Å². The fourth-order valence-corrected chi connectivity index (χ4v) is 7.79. The molecule has 2 aliphatic carbocycles. The van der Waals surface area contributed by atoms with Gasteiger partial charge < -0.3 is 0 Å². The summed E-state index contributed by atoms with van der Waals surface area (Å²) in [5.41, 5.74) is 0. The third kappa shape index (κ3) is 1.81. The van der Waals surface area contributed by atoms with E-state index in [9.17, 15) is 0 Å². The molecule has 0 radical (unpaired) electrons. The van der Waals surface area contributed by atoms with Crippen LogP contribution in [0.3, 0.4) is 0 Å². The van der Waals surface area contributed by atoms with Crippen molar-refractivity contribution in [2.45, 2.75) is 50.4 Å². The highest BCUT2D eigenvalue weighted by Crippen LogP contribution is 2.77. The van der Waals surface area contributed by atoms with Gasteiger partial charge in [-0.3, -0.25) is 0 Å². The molecule has 2 fully saturated rings. The first kappa shape index (κ1) is 12.0. The Morgan fingerprint density at radius 1 is 1.27 bits per heavy atom. The van der Waals surface area contributed by atoms with Gasteiger partial charge in [0.1, 0.15) is 4.49 Å². The molecule has 2 rings (SSSR count). The molecule has 0 N–H and O–H groups in total. The smallest absolute Gasteiger partial charge is 0.0712 e. The Morgan fingerprint density at radius 2 is 1.93 bits per heavy atom. The Balaban J connectivity index is 2.26. The van der Waals surface area contributed by atoms with Gasteiger partial charge in [0.15, 0.2) is 0 Å². The number of hydrogen-bond acceptors (Lipinski definition) is 0. The molecule has 0 aliphatic heterocycles. The zero-order valence-electron chi connectivity index (χ0n) is 9.82. The molecular formula is C12H20Cl2Si. The predicted octanol–water partition coefficient (Wildman–Crippen LogP) is 5.20. The predicted molar refractivity (Wildman–Crippen MR) is 71.3 cm³/mol. The van der Waals surface area contributed by atoms with E-state index in [1.165, 1.54) is 25.7 Å². The largest absolute Gasteiger partial charge is 0.103 e. The third-order valence-electron chi connectivity index (χ3n) is 4.64. The minimum Gasteiger partial charge on any atom is -0.0712 e. The van der Waals surface area contributed by atoms with Crippen molar-refractivity contribution in [2.24, 2.45) is 11.8 Å². The molecule has 0 unspecified atom stereocenters. The second-order valence-electron chi connectivity index (χ2n) is 6.12. The topological polar surface area (TPSA) is 0 Å². The highest BCUT2D eigenvalue weighted by Gasteiger charge is 2.68. The average Bonchev–Trinajstić information content (AvgIpc) is 2.74. The van der Waals surface area contributed by atoms with Gasteiger partial charge in [0.05, 0.1) is 8.07 Å². The summed E-state index contributed by atoms with van der Waals surface area (Å²) in [6.45, 7) is 7.50. The number of allylic oxidation sites excluding steroid dienone is 1. The zero-order valence-corrected chi connectivity index (χ0v) is 12.3. The van der Waals surface area contributed by atoms with Crippen LogP contribution >= 0.6 is 23.2 Å². The summed E-state index contributed by atoms with van der Waals surface area (Å²) in [5.74, 6) is 1.59.